The van der Waals surface area contributed by atoms with E-state index in [4.69, 9.17) is 5.73 Å². The summed E-state index contributed by atoms with van der Waals surface area (Å²) in [6.07, 6.45) is 7.52. The van der Waals surface area contributed by atoms with Crippen molar-refractivity contribution in [2.24, 2.45) is 11.7 Å². The molecule has 92 valence electrons. The van der Waals surface area contributed by atoms with Crippen molar-refractivity contribution in [3.8, 4) is 0 Å². The van der Waals surface area contributed by atoms with Crippen LogP contribution in [0.15, 0.2) is 18.3 Å². The number of nitrogens with two attached hydrogens (primary N) is 1. The van der Waals surface area contributed by atoms with E-state index in [0.29, 0.717) is 0 Å². The smallest absolute Gasteiger partial charge is 0.0569 e. The highest BCUT2D eigenvalue weighted by molar-refractivity contribution is 5.47. The fourth-order valence-electron chi connectivity index (χ4n) is 2.27. The normalized spacial score (nSPS) is 21.3. The van der Waals surface area contributed by atoms with Gasteiger partial charge in [0.25, 0.3) is 0 Å². The van der Waals surface area contributed by atoms with Gasteiger partial charge in [0.05, 0.1) is 17.6 Å². The van der Waals surface area contributed by atoms with Gasteiger partial charge in [0.15, 0.2) is 0 Å². The molecule has 0 saturated heterocycles. The summed E-state index contributed by atoms with van der Waals surface area (Å²) in [5, 5.41) is 0. The summed E-state index contributed by atoms with van der Waals surface area (Å²) in [5.74, 6) is 0.934. The predicted molar refractivity (Wildman–Crippen MR) is 69.9 cm³/mol. The zero-order valence-corrected chi connectivity index (χ0v) is 10.5. The molecule has 2 N–H and O–H groups in total. The molecule has 0 aromatic carbocycles. The van der Waals surface area contributed by atoms with Crippen molar-refractivity contribution in [2.75, 3.05) is 11.4 Å². The second-order valence-corrected chi connectivity index (χ2v) is 5.56. The molecule has 0 radical (unpaired) electrons. The second kappa shape index (κ2) is 4.30. The Hall–Kier alpha value is -1.09. The largest absolute Gasteiger partial charge is 0.367 e. The Labute approximate surface area is 103 Å². The maximum atomic E-state index is 5.83. The quantitative estimate of drug-likeness (QED) is 0.846. The van der Waals surface area contributed by atoms with Gasteiger partial charge in [-0.3, -0.25) is 4.98 Å². The van der Waals surface area contributed by atoms with Crippen molar-refractivity contribution in [2.45, 2.75) is 44.7 Å². The highest BCUT2D eigenvalue weighted by Crippen LogP contribution is 2.37. The Bertz CT molecular complexity index is 377. The standard InChI is InChI=1S/C14H21N3/c1-10(15)14-7-6-13(8-16-14)17(12-4-5-12)9-11-2-3-11/h6-8,10-12H,2-5,9,15H2,1H3. The average molecular weight is 231 g/mol. The first-order valence-corrected chi connectivity index (χ1v) is 6.72. The van der Waals surface area contributed by atoms with Gasteiger partial charge in [0, 0.05) is 18.6 Å². The summed E-state index contributed by atoms with van der Waals surface area (Å²) in [6.45, 7) is 3.20. The highest BCUT2D eigenvalue weighted by Gasteiger charge is 2.33. The van der Waals surface area contributed by atoms with E-state index < -0.39 is 0 Å². The molecule has 3 nitrogen and oxygen atoms in total. The molecule has 0 bridgehead atoms. The number of aromatic nitrogens is 1. The van der Waals surface area contributed by atoms with Gasteiger partial charge in [-0.1, -0.05) is 0 Å². The number of pyridine rings is 1. The van der Waals surface area contributed by atoms with Crippen LogP contribution in [0.3, 0.4) is 0 Å². The Kier molecular flexibility index (Phi) is 2.79. The predicted octanol–water partition coefficient (Wildman–Crippen LogP) is 2.48. The van der Waals surface area contributed by atoms with E-state index in [1.807, 2.05) is 13.1 Å². The summed E-state index contributed by atoms with van der Waals surface area (Å²) in [6, 6.07) is 5.06. The number of rotatable bonds is 5. The molecule has 2 saturated carbocycles. The van der Waals surface area contributed by atoms with E-state index in [1.54, 1.807) is 0 Å². The van der Waals surface area contributed by atoms with E-state index in [2.05, 4.69) is 22.0 Å². The molecule has 1 heterocycles. The topological polar surface area (TPSA) is 42.1 Å². The first-order valence-electron chi connectivity index (χ1n) is 6.72. The molecule has 1 unspecified atom stereocenters. The molecule has 2 aliphatic carbocycles. The number of hydrogen-bond acceptors (Lipinski definition) is 3. The van der Waals surface area contributed by atoms with Gasteiger partial charge >= 0.3 is 0 Å². The van der Waals surface area contributed by atoms with Crippen molar-refractivity contribution in [3.63, 3.8) is 0 Å². The molecule has 17 heavy (non-hydrogen) atoms. The van der Waals surface area contributed by atoms with Gasteiger partial charge in [0.1, 0.15) is 0 Å². The highest BCUT2D eigenvalue weighted by atomic mass is 15.2. The minimum atomic E-state index is 0.0295. The number of nitrogens with zero attached hydrogens (tertiary/aromatic N) is 2. The molecular weight excluding hydrogens is 210 g/mol. The summed E-state index contributed by atoms with van der Waals surface area (Å²) in [7, 11) is 0. The molecule has 3 heteroatoms. The average Bonchev–Trinajstić information content (AvgIpc) is 3.18. The fraction of sp³-hybridized carbons (Fsp3) is 0.643. The van der Waals surface area contributed by atoms with Crippen molar-refractivity contribution >= 4 is 5.69 Å². The Morgan fingerprint density at radius 3 is 2.59 bits per heavy atom. The zero-order valence-electron chi connectivity index (χ0n) is 10.5. The first-order chi connectivity index (χ1) is 8.24. The van der Waals surface area contributed by atoms with Crippen LogP contribution in [0.1, 0.15) is 44.3 Å². The monoisotopic (exact) mass is 231 g/mol. The maximum absolute atomic E-state index is 5.83. The van der Waals surface area contributed by atoms with Crippen LogP contribution in [0.25, 0.3) is 0 Å². The van der Waals surface area contributed by atoms with E-state index in [1.165, 1.54) is 37.9 Å². The number of hydrogen-bond donors (Lipinski definition) is 1. The maximum Gasteiger partial charge on any atom is 0.0569 e. The van der Waals surface area contributed by atoms with Crippen LogP contribution in [-0.4, -0.2) is 17.6 Å². The van der Waals surface area contributed by atoms with E-state index in [0.717, 1.165) is 17.7 Å². The third-order valence-electron chi connectivity index (χ3n) is 3.71. The van der Waals surface area contributed by atoms with E-state index in [9.17, 15) is 0 Å². The van der Waals surface area contributed by atoms with Gasteiger partial charge < -0.3 is 10.6 Å². The molecule has 0 amide bonds. The van der Waals surface area contributed by atoms with Gasteiger partial charge in [0.2, 0.25) is 0 Å². The minimum Gasteiger partial charge on any atom is -0.367 e. The Morgan fingerprint density at radius 2 is 2.12 bits per heavy atom. The van der Waals surface area contributed by atoms with Crippen LogP contribution in [0, 0.1) is 5.92 Å². The molecule has 2 fully saturated rings. The lowest BCUT2D eigenvalue weighted by molar-refractivity contribution is 0.714. The van der Waals surface area contributed by atoms with Gasteiger partial charge in [-0.2, -0.15) is 0 Å². The first kappa shape index (κ1) is 11.0. The summed E-state index contributed by atoms with van der Waals surface area (Å²) in [4.78, 5) is 7.02. The van der Waals surface area contributed by atoms with Crippen LogP contribution in [0.2, 0.25) is 0 Å². The SMILES string of the molecule is CC(N)c1ccc(N(CC2CC2)C2CC2)cn1. The molecule has 0 spiro atoms. The van der Waals surface area contributed by atoms with E-state index >= 15 is 0 Å². The molecule has 1 aromatic heterocycles. The second-order valence-electron chi connectivity index (χ2n) is 5.56. The van der Waals surface area contributed by atoms with Crippen molar-refractivity contribution < 1.29 is 0 Å². The number of anilines is 1. The van der Waals surface area contributed by atoms with Crippen LogP contribution in [0.4, 0.5) is 5.69 Å². The molecule has 1 atom stereocenters. The van der Waals surface area contributed by atoms with Crippen LogP contribution in [-0.2, 0) is 0 Å². The van der Waals surface area contributed by atoms with Crippen LogP contribution in [0.5, 0.6) is 0 Å². The lowest BCUT2D eigenvalue weighted by atomic mass is 10.2. The Balaban J connectivity index is 1.75. The van der Waals surface area contributed by atoms with Crippen molar-refractivity contribution in [1.82, 2.24) is 4.98 Å². The van der Waals surface area contributed by atoms with Gasteiger partial charge in [-0.25, -0.2) is 0 Å². The summed E-state index contributed by atoms with van der Waals surface area (Å²) >= 11 is 0. The van der Waals surface area contributed by atoms with Crippen molar-refractivity contribution in [1.29, 1.82) is 0 Å². The molecule has 2 aliphatic rings. The molecule has 3 rings (SSSR count). The lowest BCUT2D eigenvalue weighted by Gasteiger charge is -2.24. The third kappa shape index (κ3) is 2.60. The van der Waals surface area contributed by atoms with Crippen LogP contribution >= 0.6 is 0 Å². The summed E-state index contributed by atoms with van der Waals surface area (Å²) < 4.78 is 0. The third-order valence-corrected chi connectivity index (χ3v) is 3.71. The van der Waals surface area contributed by atoms with E-state index in [-0.39, 0.29) is 6.04 Å². The zero-order chi connectivity index (χ0) is 11.8. The fourth-order valence-corrected chi connectivity index (χ4v) is 2.27. The van der Waals surface area contributed by atoms with Gasteiger partial charge in [-0.05, 0) is 50.7 Å². The van der Waals surface area contributed by atoms with Crippen molar-refractivity contribution in [3.05, 3.63) is 24.0 Å². The molecule has 1 aromatic rings. The molecule has 0 aliphatic heterocycles. The van der Waals surface area contributed by atoms with Crippen LogP contribution < -0.4 is 10.6 Å². The Morgan fingerprint density at radius 1 is 1.35 bits per heavy atom. The molecular formula is C14H21N3. The summed E-state index contributed by atoms with van der Waals surface area (Å²) in [5.41, 5.74) is 8.09. The lowest BCUT2D eigenvalue weighted by Crippen LogP contribution is -2.28. The minimum absolute atomic E-state index is 0.0295. The van der Waals surface area contributed by atoms with Gasteiger partial charge in [-0.15, -0.1) is 0 Å².